The van der Waals surface area contributed by atoms with E-state index in [9.17, 15) is 9.90 Å². The van der Waals surface area contributed by atoms with E-state index in [4.69, 9.17) is 11.6 Å². The summed E-state index contributed by atoms with van der Waals surface area (Å²) in [6.45, 7) is 5.15. The molecule has 1 aromatic rings. The predicted molar refractivity (Wildman–Crippen MR) is 80.6 cm³/mol. The summed E-state index contributed by atoms with van der Waals surface area (Å²) in [5, 5.41) is 9.45. The number of rotatable bonds is 5. The molecule has 20 heavy (non-hydrogen) atoms. The van der Waals surface area contributed by atoms with Crippen LogP contribution in [0, 0.1) is 5.92 Å². The molecular weight excluding hydrogens is 276 g/mol. The Hall–Kier alpha value is -1.29. The topological polar surface area (TPSA) is 53.4 Å². The minimum absolute atomic E-state index is 0.128. The van der Waals surface area contributed by atoms with E-state index in [-0.39, 0.29) is 10.6 Å². The first-order chi connectivity index (χ1) is 9.50. The maximum atomic E-state index is 11.2. The molecule has 1 aliphatic rings. The number of hydrogen-bond acceptors (Lipinski definition) is 3. The summed E-state index contributed by atoms with van der Waals surface area (Å²) < 4.78 is 0. The normalized spacial score (nSPS) is 15.8. The van der Waals surface area contributed by atoms with Gasteiger partial charge in [0.25, 0.3) is 0 Å². The van der Waals surface area contributed by atoms with Gasteiger partial charge >= 0.3 is 5.97 Å². The summed E-state index contributed by atoms with van der Waals surface area (Å²) in [6.07, 6.45) is 6.22. The highest BCUT2D eigenvalue weighted by Gasteiger charge is 2.27. The van der Waals surface area contributed by atoms with Crippen molar-refractivity contribution in [2.75, 3.05) is 11.4 Å². The molecule has 0 saturated heterocycles. The molecule has 0 aromatic carbocycles. The Bertz CT molecular complexity index is 485. The van der Waals surface area contributed by atoms with Crippen LogP contribution in [0.2, 0.25) is 5.02 Å². The van der Waals surface area contributed by atoms with E-state index in [1.807, 2.05) is 0 Å². The van der Waals surface area contributed by atoms with Gasteiger partial charge in [-0.15, -0.1) is 0 Å². The third kappa shape index (κ3) is 3.23. The largest absolute Gasteiger partial charge is 0.478 e. The van der Waals surface area contributed by atoms with Crippen LogP contribution in [0.4, 0.5) is 5.82 Å². The third-order valence-corrected chi connectivity index (χ3v) is 4.07. The molecule has 1 fully saturated rings. The second-order valence-corrected chi connectivity index (χ2v) is 6.16. The number of carbonyl (C=O) groups is 1. The van der Waals surface area contributed by atoms with Crippen LogP contribution in [0.5, 0.6) is 0 Å². The maximum Gasteiger partial charge on any atom is 0.337 e. The van der Waals surface area contributed by atoms with Crippen molar-refractivity contribution in [3.8, 4) is 0 Å². The summed E-state index contributed by atoms with van der Waals surface area (Å²) in [6, 6.07) is 1.88. The molecule has 110 valence electrons. The molecule has 0 spiro atoms. The Morgan fingerprint density at radius 3 is 2.70 bits per heavy atom. The van der Waals surface area contributed by atoms with Crippen LogP contribution in [0.1, 0.15) is 49.9 Å². The van der Waals surface area contributed by atoms with E-state index < -0.39 is 5.97 Å². The molecule has 1 saturated carbocycles. The van der Waals surface area contributed by atoms with E-state index in [0.717, 1.165) is 19.4 Å². The summed E-state index contributed by atoms with van der Waals surface area (Å²) in [5.74, 6) is 0.0867. The van der Waals surface area contributed by atoms with Crippen LogP contribution >= 0.6 is 11.6 Å². The number of pyridine rings is 1. The number of aromatic carboxylic acids is 1. The first-order valence-electron chi connectivity index (χ1n) is 7.15. The van der Waals surface area contributed by atoms with Gasteiger partial charge in [-0.3, -0.25) is 0 Å². The average Bonchev–Trinajstić information content (AvgIpc) is 2.89. The summed E-state index contributed by atoms with van der Waals surface area (Å²) in [7, 11) is 0. The monoisotopic (exact) mass is 296 g/mol. The van der Waals surface area contributed by atoms with Crippen LogP contribution in [-0.4, -0.2) is 28.6 Å². The van der Waals surface area contributed by atoms with Gasteiger partial charge in [0.1, 0.15) is 5.82 Å². The number of nitrogens with zero attached hydrogens (tertiary/aromatic N) is 2. The van der Waals surface area contributed by atoms with Gasteiger partial charge < -0.3 is 10.0 Å². The predicted octanol–water partition coefficient (Wildman–Crippen LogP) is 3.84. The van der Waals surface area contributed by atoms with Crippen molar-refractivity contribution >= 4 is 23.4 Å². The van der Waals surface area contributed by atoms with Gasteiger partial charge in [0.05, 0.1) is 10.6 Å². The minimum atomic E-state index is -1.01. The van der Waals surface area contributed by atoms with Crippen LogP contribution in [0.3, 0.4) is 0 Å². The molecule has 0 bridgehead atoms. The zero-order valence-electron chi connectivity index (χ0n) is 12.0. The lowest BCUT2D eigenvalue weighted by Gasteiger charge is -2.32. The van der Waals surface area contributed by atoms with E-state index in [0.29, 0.717) is 17.8 Å². The number of carboxylic acids is 1. The molecule has 5 heteroatoms. The number of carboxylic acid groups (broad SMARTS) is 1. The van der Waals surface area contributed by atoms with Crippen LogP contribution < -0.4 is 4.90 Å². The van der Waals surface area contributed by atoms with Crippen molar-refractivity contribution in [3.63, 3.8) is 0 Å². The van der Waals surface area contributed by atoms with Gasteiger partial charge in [0.15, 0.2) is 0 Å². The first-order valence-corrected chi connectivity index (χ1v) is 7.53. The minimum Gasteiger partial charge on any atom is -0.478 e. The first kappa shape index (κ1) is 15.1. The zero-order valence-corrected chi connectivity index (χ0v) is 12.7. The van der Waals surface area contributed by atoms with Crippen LogP contribution in [0.25, 0.3) is 0 Å². The van der Waals surface area contributed by atoms with E-state index in [2.05, 4.69) is 23.7 Å². The molecule has 1 N–H and O–H groups in total. The summed E-state index contributed by atoms with van der Waals surface area (Å²) in [4.78, 5) is 17.8. The van der Waals surface area contributed by atoms with Crippen molar-refractivity contribution in [2.24, 2.45) is 5.92 Å². The second kappa shape index (κ2) is 6.44. The number of hydrogen-bond donors (Lipinski definition) is 1. The highest BCUT2D eigenvalue weighted by atomic mass is 35.5. The number of aromatic nitrogens is 1. The van der Waals surface area contributed by atoms with Gasteiger partial charge in [-0.25, -0.2) is 9.78 Å². The lowest BCUT2D eigenvalue weighted by atomic mass is 10.1. The highest BCUT2D eigenvalue weighted by Crippen LogP contribution is 2.33. The van der Waals surface area contributed by atoms with Gasteiger partial charge in [-0.2, -0.15) is 0 Å². The van der Waals surface area contributed by atoms with Gasteiger partial charge in [-0.1, -0.05) is 38.3 Å². The molecule has 0 unspecified atom stereocenters. The lowest BCUT2D eigenvalue weighted by molar-refractivity contribution is 0.0697. The molecule has 1 aromatic heterocycles. The molecule has 1 aliphatic carbocycles. The average molecular weight is 297 g/mol. The molecule has 0 aliphatic heterocycles. The lowest BCUT2D eigenvalue weighted by Crippen LogP contribution is -2.37. The molecule has 0 amide bonds. The molecule has 0 radical (unpaired) electrons. The highest BCUT2D eigenvalue weighted by molar-refractivity contribution is 6.35. The van der Waals surface area contributed by atoms with E-state index in [1.54, 1.807) is 0 Å². The SMILES string of the molecule is CC(C)CN(c1nccc(C(=O)O)c1Cl)C1CCCC1. The molecular formula is C15H21ClN2O2. The van der Waals surface area contributed by atoms with Gasteiger partial charge in [0.2, 0.25) is 0 Å². The van der Waals surface area contributed by atoms with Gasteiger partial charge in [0, 0.05) is 18.8 Å². The molecule has 4 nitrogen and oxygen atoms in total. The van der Waals surface area contributed by atoms with E-state index >= 15 is 0 Å². The third-order valence-electron chi connectivity index (χ3n) is 3.70. The summed E-state index contributed by atoms with van der Waals surface area (Å²) >= 11 is 6.28. The second-order valence-electron chi connectivity index (χ2n) is 5.79. The Balaban J connectivity index is 2.37. The standard InChI is InChI=1S/C15H21ClN2O2/c1-10(2)9-18(11-5-3-4-6-11)14-13(16)12(15(19)20)7-8-17-14/h7-8,10-11H,3-6,9H2,1-2H3,(H,19,20). The zero-order chi connectivity index (χ0) is 14.7. The maximum absolute atomic E-state index is 11.2. The summed E-state index contributed by atoms with van der Waals surface area (Å²) in [5.41, 5.74) is 0.128. The quantitative estimate of drug-likeness (QED) is 0.897. The fourth-order valence-electron chi connectivity index (χ4n) is 2.82. The Morgan fingerprint density at radius 2 is 2.15 bits per heavy atom. The van der Waals surface area contributed by atoms with Crippen molar-refractivity contribution < 1.29 is 9.90 Å². The Labute approximate surface area is 124 Å². The van der Waals surface area contributed by atoms with Gasteiger partial charge in [-0.05, 0) is 24.8 Å². The molecule has 2 rings (SSSR count). The van der Waals surface area contributed by atoms with Crippen molar-refractivity contribution in [3.05, 3.63) is 22.8 Å². The number of halogens is 1. The molecule has 0 atom stereocenters. The van der Waals surface area contributed by atoms with Crippen molar-refractivity contribution in [2.45, 2.75) is 45.6 Å². The fraction of sp³-hybridized carbons (Fsp3) is 0.600. The smallest absolute Gasteiger partial charge is 0.337 e. The molecule has 1 heterocycles. The van der Waals surface area contributed by atoms with Crippen molar-refractivity contribution in [1.29, 1.82) is 0 Å². The fourth-order valence-corrected chi connectivity index (χ4v) is 3.12. The van der Waals surface area contributed by atoms with Crippen LogP contribution in [-0.2, 0) is 0 Å². The Kier molecular flexibility index (Phi) is 4.86. The van der Waals surface area contributed by atoms with E-state index in [1.165, 1.54) is 25.1 Å². The van der Waals surface area contributed by atoms with Crippen LogP contribution in [0.15, 0.2) is 12.3 Å². The number of anilines is 1. The Morgan fingerprint density at radius 1 is 1.50 bits per heavy atom. The van der Waals surface area contributed by atoms with Crippen molar-refractivity contribution in [1.82, 2.24) is 4.98 Å².